The molecule has 0 spiro atoms. The molecule has 0 N–H and O–H groups in total. The van der Waals surface area contributed by atoms with E-state index in [-0.39, 0.29) is 29.7 Å². The second-order valence-corrected chi connectivity index (χ2v) is 6.21. The number of nitrogens with zero attached hydrogens (tertiary/aromatic N) is 1. The molecule has 0 radical (unpaired) electrons. The monoisotopic (exact) mass is 291 g/mol. The summed E-state index contributed by atoms with van der Waals surface area (Å²) in [5.74, 6) is -0.207. The van der Waals surface area contributed by atoms with E-state index in [1.807, 2.05) is 42.2 Å². The number of piperidine rings is 1. The minimum absolute atomic E-state index is 0.00380. The zero-order chi connectivity index (χ0) is 14.3. The zero-order valence-corrected chi connectivity index (χ0v) is 12.2. The third kappa shape index (κ3) is 2.14. The summed E-state index contributed by atoms with van der Waals surface area (Å²) in [5, 5.41) is -0.690. The first-order valence-electron chi connectivity index (χ1n) is 7.13. The van der Waals surface area contributed by atoms with E-state index in [4.69, 9.17) is 11.6 Å². The summed E-state index contributed by atoms with van der Waals surface area (Å²) in [5.41, 5.74) is 1.11. The molecular weight excluding hydrogens is 274 g/mol. The van der Waals surface area contributed by atoms with Crippen molar-refractivity contribution in [2.45, 2.75) is 43.6 Å². The molecule has 1 aliphatic carbocycles. The Labute approximate surface area is 123 Å². The maximum absolute atomic E-state index is 12.5. The van der Waals surface area contributed by atoms with Gasteiger partial charge in [-0.05, 0) is 25.3 Å². The maximum atomic E-state index is 12.5. The van der Waals surface area contributed by atoms with Crippen LogP contribution < -0.4 is 0 Å². The Morgan fingerprint density at radius 2 is 1.95 bits per heavy atom. The number of hydrogen-bond donors (Lipinski definition) is 0. The average Bonchev–Trinajstić information content (AvgIpc) is 2.48. The van der Waals surface area contributed by atoms with E-state index in [0.29, 0.717) is 6.42 Å². The first kappa shape index (κ1) is 13.6. The molecule has 2 bridgehead atoms. The Bertz CT molecular complexity index is 531. The lowest BCUT2D eigenvalue weighted by molar-refractivity contribution is -0.148. The van der Waals surface area contributed by atoms with Gasteiger partial charge in [0.2, 0.25) is 5.91 Å². The van der Waals surface area contributed by atoms with Crippen molar-refractivity contribution >= 4 is 23.3 Å². The molecule has 1 saturated carbocycles. The molecule has 3 nitrogen and oxygen atoms in total. The molecule has 3 rings (SSSR count). The van der Waals surface area contributed by atoms with Gasteiger partial charge >= 0.3 is 0 Å². The van der Waals surface area contributed by atoms with Crippen LogP contribution in [0.3, 0.4) is 0 Å². The highest BCUT2D eigenvalue weighted by atomic mass is 35.5. The van der Waals surface area contributed by atoms with Crippen molar-refractivity contribution in [3.05, 3.63) is 35.9 Å². The summed E-state index contributed by atoms with van der Waals surface area (Å²) in [6.45, 7) is 2.04. The van der Waals surface area contributed by atoms with Crippen LogP contribution in [0.25, 0.3) is 0 Å². The molecule has 1 amide bonds. The number of carbonyl (C=O) groups excluding carboxylic acids is 2. The summed E-state index contributed by atoms with van der Waals surface area (Å²) in [7, 11) is 0. The van der Waals surface area contributed by atoms with E-state index < -0.39 is 5.38 Å². The van der Waals surface area contributed by atoms with Crippen LogP contribution in [0.5, 0.6) is 0 Å². The summed E-state index contributed by atoms with van der Waals surface area (Å²) >= 11 is 6.24. The highest BCUT2D eigenvalue weighted by Crippen LogP contribution is 2.40. The lowest BCUT2D eigenvalue weighted by Crippen LogP contribution is -2.57. The molecule has 4 heteroatoms. The van der Waals surface area contributed by atoms with E-state index >= 15 is 0 Å². The largest absolute Gasteiger partial charge is 0.332 e. The van der Waals surface area contributed by atoms with Gasteiger partial charge in [0.15, 0.2) is 0 Å². The van der Waals surface area contributed by atoms with Gasteiger partial charge in [0, 0.05) is 18.4 Å². The molecule has 2 aliphatic rings. The Morgan fingerprint density at radius 1 is 1.25 bits per heavy atom. The van der Waals surface area contributed by atoms with Gasteiger partial charge in [0.1, 0.15) is 11.2 Å². The van der Waals surface area contributed by atoms with Crippen molar-refractivity contribution in [2.75, 3.05) is 0 Å². The normalized spacial score (nSPS) is 31.3. The number of fused-ring (bicyclic) bond motifs is 2. The molecular formula is C16H18ClNO2. The number of likely N-dealkylation sites (tertiary alicyclic amines) is 1. The standard InChI is InChI=1S/C16H18ClNO2/c1-10(11-5-3-2-4-6-11)18-12-7-8-14(19)13(9-12)15(17)16(18)20/h2-6,10,12-13,15H,7-9H2,1H3/t10-,12+,13+,15-/m0/s1. The highest BCUT2D eigenvalue weighted by Gasteiger charge is 2.48. The van der Waals surface area contributed by atoms with Crippen molar-refractivity contribution in [3.8, 4) is 0 Å². The number of amides is 1. The van der Waals surface area contributed by atoms with Crippen LogP contribution in [-0.2, 0) is 9.59 Å². The van der Waals surface area contributed by atoms with Crippen molar-refractivity contribution in [1.29, 1.82) is 0 Å². The lowest BCUT2D eigenvalue weighted by atomic mass is 9.77. The first-order chi connectivity index (χ1) is 9.59. The third-order valence-electron chi connectivity index (χ3n) is 4.60. The molecule has 1 aliphatic heterocycles. The lowest BCUT2D eigenvalue weighted by Gasteiger charge is -2.47. The average molecular weight is 292 g/mol. The summed E-state index contributed by atoms with van der Waals surface area (Å²) in [6, 6.07) is 10.1. The zero-order valence-electron chi connectivity index (χ0n) is 11.5. The number of hydrogen-bond acceptors (Lipinski definition) is 2. The Balaban J connectivity index is 1.89. The summed E-state index contributed by atoms with van der Waals surface area (Å²) < 4.78 is 0. The van der Waals surface area contributed by atoms with Gasteiger partial charge in [0.25, 0.3) is 0 Å². The van der Waals surface area contributed by atoms with Crippen LogP contribution in [0, 0.1) is 5.92 Å². The van der Waals surface area contributed by atoms with E-state index in [0.717, 1.165) is 18.4 Å². The van der Waals surface area contributed by atoms with Crippen LogP contribution in [0.4, 0.5) is 0 Å². The predicted octanol–water partition coefficient (Wildman–Crippen LogP) is 2.94. The third-order valence-corrected chi connectivity index (χ3v) is 5.09. The molecule has 2 fully saturated rings. The molecule has 1 aromatic carbocycles. The Morgan fingerprint density at radius 3 is 2.65 bits per heavy atom. The van der Waals surface area contributed by atoms with Crippen LogP contribution in [-0.4, -0.2) is 28.0 Å². The molecule has 106 valence electrons. The van der Waals surface area contributed by atoms with Gasteiger partial charge in [-0.3, -0.25) is 9.59 Å². The van der Waals surface area contributed by atoms with E-state index in [1.165, 1.54) is 0 Å². The van der Waals surface area contributed by atoms with Gasteiger partial charge in [0.05, 0.1) is 6.04 Å². The van der Waals surface area contributed by atoms with Crippen molar-refractivity contribution in [3.63, 3.8) is 0 Å². The predicted molar refractivity (Wildman–Crippen MR) is 77.5 cm³/mol. The molecule has 1 aromatic rings. The number of benzene rings is 1. The van der Waals surface area contributed by atoms with Crippen molar-refractivity contribution in [1.82, 2.24) is 4.90 Å². The number of carbonyl (C=O) groups is 2. The topological polar surface area (TPSA) is 37.4 Å². The van der Waals surface area contributed by atoms with Crippen LogP contribution >= 0.6 is 11.6 Å². The Kier molecular flexibility index (Phi) is 3.55. The van der Waals surface area contributed by atoms with Crippen LogP contribution in [0.2, 0.25) is 0 Å². The van der Waals surface area contributed by atoms with E-state index in [1.54, 1.807) is 0 Å². The number of alkyl halides is 1. The number of halogens is 1. The molecule has 0 unspecified atom stereocenters. The fourth-order valence-electron chi connectivity index (χ4n) is 3.47. The SMILES string of the molecule is C[C@@H](c1ccccc1)N1C(=O)[C@@H](Cl)[C@@H]2C[C@H]1CCC2=O. The van der Waals surface area contributed by atoms with Crippen molar-refractivity contribution in [2.24, 2.45) is 5.92 Å². The maximum Gasteiger partial charge on any atom is 0.242 e. The second kappa shape index (κ2) is 5.21. The van der Waals surface area contributed by atoms with Crippen LogP contribution in [0.15, 0.2) is 30.3 Å². The fraction of sp³-hybridized carbons (Fsp3) is 0.500. The Hall–Kier alpha value is -1.35. The number of ketones is 1. The van der Waals surface area contributed by atoms with E-state index in [9.17, 15) is 9.59 Å². The van der Waals surface area contributed by atoms with Crippen molar-refractivity contribution < 1.29 is 9.59 Å². The molecule has 1 heterocycles. The summed E-state index contributed by atoms with van der Waals surface area (Å²) in [6.07, 6.45) is 2.03. The molecule has 1 saturated heterocycles. The molecule has 20 heavy (non-hydrogen) atoms. The smallest absolute Gasteiger partial charge is 0.242 e. The van der Waals surface area contributed by atoms with Gasteiger partial charge in [-0.1, -0.05) is 30.3 Å². The fourth-order valence-corrected chi connectivity index (χ4v) is 3.82. The van der Waals surface area contributed by atoms with Crippen LogP contribution in [0.1, 0.15) is 37.8 Å². The number of Topliss-reactive ketones (excluding diaryl/α,β-unsaturated/α-hetero) is 1. The summed E-state index contributed by atoms with van der Waals surface area (Å²) in [4.78, 5) is 26.3. The number of rotatable bonds is 2. The molecule has 4 atom stereocenters. The minimum Gasteiger partial charge on any atom is -0.332 e. The second-order valence-electron chi connectivity index (χ2n) is 5.73. The van der Waals surface area contributed by atoms with Gasteiger partial charge in [-0.2, -0.15) is 0 Å². The minimum atomic E-state index is -0.690. The van der Waals surface area contributed by atoms with E-state index in [2.05, 4.69) is 0 Å². The van der Waals surface area contributed by atoms with Gasteiger partial charge in [-0.15, -0.1) is 11.6 Å². The highest BCUT2D eigenvalue weighted by molar-refractivity contribution is 6.32. The molecule has 0 aromatic heterocycles. The van der Waals surface area contributed by atoms with Gasteiger partial charge < -0.3 is 4.90 Å². The quantitative estimate of drug-likeness (QED) is 0.786. The van der Waals surface area contributed by atoms with Gasteiger partial charge in [-0.25, -0.2) is 0 Å². The first-order valence-corrected chi connectivity index (χ1v) is 7.57.